The van der Waals surface area contributed by atoms with Crippen molar-refractivity contribution in [1.82, 2.24) is 10.2 Å². The van der Waals surface area contributed by atoms with E-state index in [1.165, 1.54) is 21.0 Å². The van der Waals surface area contributed by atoms with E-state index in [4.69, 9.17) is 0 Å². The minimum Gasteiger partial charge on any atom is -0.391 e. The predicted molar refractivity (Wildman–Crippen MR) is 122 cm³/mol. The van der Waals surface area contributed by atoms with Gasteiger partial charge in [0.2, 0.25) is 0 Å². The van der Waals surface area contributed by atoms with Crippen LogP contribution in [0.2, 0.25) is 0 Å². The van der Waals surface area contributed by atoms with E-state index in [2.05, 4.69) is 17.2 Å². The average Bonchev–Trinajstić information content (AvgIpc) is 2.80. The molecule has 0 bridgehead atoms. The molecule has 0 saturated carbocycles. The molecule has 4 atom stereocenters. The highest BCUT2D eigenvalue weighted by Gasteiger charge is 2.34. The number of aliphatic hydroxyl groups excluding tert-OH is 3. The molecule has 33 heavy (non-hydrogen) atoms. The minimum absolute atomic E-state index is 0.0858. The molecule has 2 rings (SSSR count). The van der Waals surface area contributed by atoms with Gasteiger partial charge in [-0.3, -0.25) is 14.4 Å². The fourth-order valence-corrected chi connectivity index (χ4v) is 2.93. The summed E-state index contributed by atoms with van der Waals surface area (Å²) >= 11 is 0. The van der Waals surface area contributed by atoms with Gasteiger partial charge in [0.25, 0.3) is 11.8 Å². The molecule has 4 N–H and O–H groups in total. The van der Waals surface area contributed by atoms with E-state index >= 15 is 0 Å². The second kappa shape index (κ2) is 11.9. The number of benzene rings is 2. The SMILES string of the molecule is C[C@@H](O)[C@H](NC(=O)[C@H](O)[C@@H](O)C(=O)N(C)C)C(=O)Cc1ccc(C#Cc2ccccc2)cc1. The first-order chi connectivity index (χ1) is 15.6. The van der Waals surface area contributed by atoms with E-state index in [0.29, 0.717) is 5.56 Å². The first kappa shape index (κ1) is 25.7. The first-order valence-corrected chi connectivity index (χ1v) is 10.3. The zero-order chi connectivity index (χ0) is 24.5. The molecule has 0 fully saturated rings. The zero-order valence-electron chi connectivity index (χ0n) is 18.7. The topological polar surface area (TPSA) is 127 Å². The van der Waals surface area contributed by atoms with Gasteiger partial charge in [-0.1, -0.05) is 42.2 Å². The molecule has 0 spiro atoms. The molecule has 8 nitrogen and oxygen atoms in total. The Bertz CT molecular complexity index is 1020. The van der Waals surface area contributed by atoms with Gasteiger partial charge in [-0.2, -0.15) is 0 Å². The van der Waals surface area contributed by atoms with Gasteiger partial charge >= 0.3 is 0 Å². The molecule has 0 aliphatic carbocycles. The van der Waals surface area contributed by atoms with Gasteiger partial charge in [-0.15, -0.1) is 0 Å². The lowest BCUT2D eigenvalue weighted by molar-refractivity contribution is -0.152. The lowest BCUT2D eigenvalue weighted by atomic mass is 9.99. The highest BCUT2D eigenvalue weighted by Crippen LogP contribution is 2.09. The molecule has 0 aliphatic heterocycles. The van der Waals surface area contributed by atoms with Crippen molar-refractivity contribution >= 4 is 17.6 Å². The standard InChI is InChI=1S/C25H28N2O6/c1-16(28)21(26-24(32)22(30)23(31)25(33)27(2)3)20(29)15-19-13-11-18(12-14-19)10-9-17-7-5-4-6-8-17/h4-8,11-14,16,21-23,28,30-31H,15H2,1-3H3,(H,26,32)/t16-,21+,22-,23-/m1/s1. The largest absolute Gasteiger partial charge is 0.391 e. The van der Waals surface area contributed by atoms with Crippen LogP contribution in [0.15, 0.2) is 54.6 Å². The summed E-state index contributed by atoms with van der Waals surface area (Å²) in [6.45, 7) is 1.32. The summed E-state index contributed by atoms with van der Waals surface area (Å²) in [6.07, 6.45) is -5.42. The first-order valence-electron chi connectivity index (χ1n) is 10.3. The molecule has 0 heterocycles. The molecule has 0 aromatic heterocycles. The lowest BCUT2D eigenvalue weighted by Gasteiger charge is -2.24. The van der Waals surface area contributed by atoms with Crippen molar-refractivity contribution in [3.63, 3.8) is 0 Å². The van der Waals surface area contributed by atoms with Crippen molar-refractivity contribution in [2.45, 2.75) is 37.7 Å². The Balaban J connectivity index is 2.03. The van der Waals surface area contributed by atoms with E-state index < -0.39 is 42.0 Å². The fraction of sp³-hybridized carbons (Fsp3) is 0.320. The zero-order valence-corrected chi connectivity index (χ0v) is 18.7. The van der Waals surface area contributed by atoms with Crippen molar-refractivity contribution in [3.05, 3.63) is 71.3 Å². The van der Waals surface area contributed by atoms with Crippen LogP contribution in [0.3, 0.4) is 0 Å². The number of hydrogen-bond donors (Lipinski definition) is 4. The van der Waals surface area contributed by atoms with Crippen LogP contribution < -0.4 is 5.32 Å². The van der Waals surface area contributed by atoms with E-state index in [0.717, 1.165) is 16.0 Å². The minimum atomic E-state index is -2.09. The number of nitrogens with one attached hydrogen (secondary N) is 1. The predicted octanol–water partition coefficient (Wildman–Crippen LogP) is -0.126. The smallest absolute Gasteiger partial charge is 0.254 e. The lowest BCUT2D eigenvalue weighted by Crippen LogP contribution is -2.55. The molecule has 0 unspecified atom stereocenters. The van der Waals surface area contributed by atoms with Gasteiger partial charge in [0.05, 0.1) is 6.10 Å². The molecule has 8 heteroatoms. The van der Waals surface area contributed by atoms with Crippen molar-refractivity contribution < 1.29 is 29.7 Å². The van der Waals surface area contributed by atoms with E-state index in [9.17, 15) is 29.7 Å². The van der Waals surface area contributed by atoms with Gasteiger partial charge in [0.1, 0.15) is 6.04 Å². The molecular weight excluding hydrogens is 424 g/mol. The van der Waals surface area contributed by atoms with Crippen molar-refractivity contribution in [2.75, 3.05) is 14.1 Å². The number of nitrogens with zero attached hydrogens (tertiary/aromatic N) is 1. The van der Waals surface area contributed by atoms with E-state index in [-0.39, 0.29) is 6.42 Å². The molecule has 0 radical (unpaired) electrons. The number of Topliss-reactive ketones (excluding diaryl/α,β-unsaturated/α-hetero) is 1. The van der Waals surface area contributed by atoms with Crippen LogP contribution in [-0.2, 0) is 20.8 Å². The number of likely N-dealkylation sites (N-methyl/N-ethyl adjacent to an activating group) is 1. The molecule has 2 aromatic rings. The second-order valence-corrected chi connectivity index (χ2v) is 7.81. The summed E-state index contributed by atoms with van der Waals surface area (Å²) in [5, 5.41) is 32.0. The quantitative estimate of drug-likeness (QED) is 0.414. The van der Waals surface area contributed by atoms with Gasteiger partial charge in [0, 0.05) is 31.6 Å². The number of amides is 2. The van der Waals surface area contributed by atoms with Crippen LogP contribution in [0.25, 0.3) is 0 Å². The number of carbonyl (C=O) groups is 3. The summed E-state index contributed by atoms with van der Waals surface area (Å²) < 4.78 is 0. The Morgan fingerprint density at radius 3 is 1.94 bits per heavy atom. The van der Waals surface area contributed by atoms with Crippen LogP contribution in [0, 0.1) is 11.8 Å². The van der Waals surface area contributed by atoms with Gasteiger partial charge in [-0.25, -0.2) is 0 Å². The average molecular weight is 453 g/mol. The third-order valence-corrected chi connectivity index (χ3v) is 4.85. The van der Waals surface area contributed by atoms with Crippen LogP contribution in [-0.4, -0.2) is 76.3 Å². The number of hydrogen-bond acceptors (Lipinski definition) is 6. The summed E-state index contributed by atoms with van der Waals surface area (Å²) in [7, 11) is 2.72. The van der Waals surface area contributed by atoms with Gasteiger partial charge < -0.3 is 25.5 Å². The number of aliphatic hydroxyl groups is 3. The highest BCUT2D eigenvalue weighted by molar-refractivity contribution is 5.95. The van der Waals surface area contributed by atoms with Crippen LogP contribution in [0.1, 0.15) is 23.6 Å². The summed E-state index contributed by atoms with van der Waals surface area (Å²) in [6, 6.07) is 15.2. The monoisotopic (exact) mass is 452 g/mol. The molecule has 2 amide bonds. The summed E-state index contributed by atoms with van der Waals surface area (Å²) in [5.74, 6) is 3.57. The van der Waals surface area contributed by atoms with Gasteiger partial charge in [0.15, 0.2) is 18.0 Å². The molecule has 2 aromatic carbocycles. The van der Waals surface area contributed by atoms with Gasteiger partial charge in [-0.05, 0) is 36.8 Å². The molecule has 0 saturated heterocycles. The maximum Gasteiger partial charge on any atom is 0.254 e. The Morgan fingerprint density at radius 2 is 1.42 bits per heavy atom. The Morgan fingerprint density at radius 1 is 0.879 bits per heavy atom. The Hall–Kier alpha value is -3.51. The number of carbonyl (C=O) groups excluding carboxylic acids is 3. The van der Waals surface area contributed by atoms with E-state index in [1.807, 2.05) is 30.3 Å². The van der Waals surface area contributed by atoms with Crippen molar-refractivity contribution in [1.29, 1.82) is 0 Å². The van der Waals surface area contributed by atoms with E-state index in [1.54, 1.807) is 24.3 Å². The summed E-state index contributed by atoms with van der Waals surface area (Å²) in [5.41, 5.74) is 2.29. The molecular formula is C25H28N2O6. The Labute approximate surface area is 192 Å². The van der Waals surface area contributed by atoms with Crippen LogP contribution >= 0.6 is 0 Å². The maximum absolute atomic E-state index is 12.7. The third-order valence-electron chi connectivity index (χ3n) is 4.85. The summed E-state index contributed by atoms with van der Waals surface area (Å²) in [4.78, 5) is 37.7. The highest BCUT2D eigenvalue weighted by atomic mass is 16.3. The normalized spacial score (nSPS) is 14.1. The second-order valence-electron chi connectivity index (χ2n) is 7.81. The Kier molecular flexibility index (Phi) is 9.30. The molecule has 174 valence electrons. The molecule has 0 aliphatic rings. The third kappa shape index (κ3) is 7.54. The fourth-order valence-electron chi connectivity index (χ4n) is 2.93. The maximum atomic E-state index is 12.7. The number of ketones is 1. The van der Waals surface area contributed by atoms with Crippen LogP contribution in [0.5, 0.6) is 0 Å². The van der Waals surface area contributed by atoms with Crippen LogP contribution in [0.4, 0.5) is 0 Å². The van der Waals surface area contributed by atoms with Crippen molar-refractivity contribution in [2.24, 2.45) is 0 Å². The number of rotatable bonds is 8. The van der Waals surface area contributed by atoms with Crippen molar-refractivity contribution in [3.8, 4) is 11.8 Å².